The zero-order chi connectivity index (χ0) is 25.6. The van der Waals surface area contributed by atoms with Crippen molar-refractivity contribution in [2.24, 2.45) is 0 Å². The van der Waals surface area contributed by atoms with Crippen LogP contribution in [0.1, 0.15) is 93.0 Å². The molecular formula is C25H46N8O2. The van der Waals surface area contributed by atoms with E-state index in [9.17, 15) is 5.21 Å². The van der Waals surface area contributed by atoms with Gasteiger partial charge >= 0.3 is 0 Å². The minimum absolute atomic E-state index is 0.0160. The molecule has 0 amide bonds. The van der Waals surface area contributed by atoms with E-state index >= 15 is 0 Å². The molecule has 3 saturated heterocycles. The molecule has 3 aliphatic heterocycles. The Morgan fingerprint density at radius 2 is 1.49 bits per heavy atom. The molecule has 1 aromatic heterocycles. The fourth-order valence-corrected chi connectivity index (χ4v) is 7.40. The van der Waals surface area contributed by atoms with Crippen molar-refractivity contribution in [3.05, 3.63) is 5.82 Å². The second-order valence-electron chi connectivity index (χ2n) is 13.2. The fourth-order valence-electron chi connectivity index (χ4n) is 7.40. The zero-order valence-electron chi connectivity index (χ0n) is 22.8. The van der Waals surface area contributed by atoms with Gasteiger partial charge in [0, 0.05) is 47.3 Å². The highest BCUT2D eigenvalue weighted by Gasteiger charge is 2.52. The van der Waals surface area contributed by atoms with Crippen LogP contribution in [-0.2, 0) is 4.74 Å². The maximum atomic E-state index is 9.52. The Balaban J connectivity index is 1.54. The molecule has 3 aliphatic rings. The first-order valence-electron chi connectivity index (χ1n) is 13.0. The summed E-state index contributed by atoms with van der Waals surface area (Å²) < 4.78 is 5.83. The molecule has 10 heteroatoms. The summed E-state index contributed by atoms with van der Waals surface area (Å²) in [5.74, 6) is 1.11. The summed E-state index contributed by atoms with van der Waals surface area (Å²) in [6.45, 7) is 20.8. The third-order valence-electron chi connectivity index (χ3n) is 7.63. The van der Waals surface area contributed by atoms with Crippen LogP contribution in [-0.4, -0.2) is 79.0 Å². The summed E-state index contributed by atoms with van der Waals surface area (Å²) in [5.41, 5.74) is 2.25. The summed E-state index contributed by atoms with van der Waals surface area (Å²) in [6.07, 6.45) is 3.91. The van der Waals surface area contributed by atoms with Gasteiger partial charge in [-0.15, -0.1) is 0 Å². The van der Waals surface area contributed by atoms with Gasteiger partial charge in [-0.05, 0) is 81.1 Å². The maximum Gasteiger partial charge on any atom is 0.252 e. The summed E-state index contributed by atoms with van der Waals surface area (Å²) in [5, 5.41) is 20.2. The molecule has 0 spiro atoms. The van der Waals surface area contributed by atoms with Crippen LogP contribution in [0.5, 0.6) is 0 Å². The zero-order valence-corrected chi connectivity index (χ0v) is 22.8. The van der Waals surface area contributed by atoms with Gasteiger partial charge in [-0.3, -0.25) is 10.1 Å². The van der Waals surface area contributed by atoms with E-state index in [-0.39, 0.29) is 40.2 Å². The quantitative estimate of drug-likeness (QED) is 0.394. The van der Waals surface area contributed by atoms with Gasteiger partial charge in [0.05, 0.1) is 6.61 Å². The van der Waals surface area contributed by atoms with Gasteiger partial charge in [0.15, 0.2) is 5.82 Å². The second kappa shape index (κ2) is 9.37. The highest BCUT2D eigenvalue weighted by Crippen LogP contribution is 2.45. The minimum Gasteiger partial charge on any atom is -0.368 e. The van der Waals surface area contributed by atoms with Gasteiger partial charge in [0.25, 0.3) is 5.95 Å². The topological polar surface area (TPSA) is 119 Å². The third-order valence-corrected chi connectivity index (χ3v) is 7.63. The van der Waals surface area contributed by atoms with Gasteiger partial charge in [-0.25, -0.2) is 5.48 Å². The predicted molar refractivity (Wildman–Crippen MR) is 138 cm³/mol. The van der Waals surface area contributed by atoms with Crippen molar-refractivity contribution >= 4 is 11.9 Å². The number of ether oxygens (including phenoxy) is 1. The van der Waals surface area contributed by atoms with Crippen LogP contribution in [0.15, 0.2) is 0 Å². The molecule has 1 atom stereocenters. The van der Waals surface area contributed by atoms with Crippen molar-refractivity contribution < 1.29 is 9.94 Å². The summed E-state index contributed by atoms with van der Waals surface area (Å²) >= 11 is 0. The van der Waals surface area contributed by atoms with E-state index in [0.717, 1.165) is 32.2 Å². The molecule has 1 aromatic rings. The van der Waals surface area contributed by atoms with Crippen LogP contribution >= 0.6 is 0 Å². The predicted octanol–water partition coefficient (Wildman–Crippen LogP) is 3.08. The Bertz CT molecular complexity index is 863. The van der Waals surface area contributed by atoms with Crippen LogP contribution < -0.4 is 21.4 Å². The van der Waals surface area contributed by atoms with E-state index in [4.69, 9.17) is 4.74 Å². The smallest absolute Gasteiger partial charge is 0.252 e. The van der Waals surface area contributed by atoms with Crippen LogP contribution in [0, 0.1) is 0 Å². The summed E-state index contributed by atoms with van der Waals surface area (Å²) in [4.78, 5) is 16.2. The lowest BCUT2D eigenvalue weighted by atomic mass is 9.71. The molecule has 5 N–H and O–H groups in total. The van der Waals surface area contributed by atoms with Crippen molar-refractivity contribution in [1.29, 1.82) is 0 Å². The van der Waals surface area contributed by atoms with Gasteiger partial charge < -0.3 is 20.7 Å². The first-order chi connectivity index (χ1) is 16.2. The molecule has 3 fully saturated rings. The number of aromatic nitrogens is 3. The second-order valence-corrected chi connectivity index (χ2v) is 13.2. The van der Waals surface area contributed by atoms with E-state index in [1.54, 1.807) is 0 Å². The van der Waals surface area contributed by atoms with Crippen LogP contribution in [0.4, 0.5) is 11.9 Å². The number of likely N-dealkylation sites (tertiary alicyclic amines) is 1. The molecule has 0 aromatic carbocycles. The Labute approximate surface area is 210 Å². The summed E-state index contributed by atoms with van der Waals surface area (Å²) in [6, 6.07) is 0.684. The monoisotopic (exact) mass is 490 g/mol. The molecule has 0 saturated carbocycles. The molecule has 198 valence electrons. The number of hydrogen-bond acceptors (Lipinski definition) is 10. The van der Waals surface area contributed by atoms with Gasteiger partial charge in [0.1, 0.15) is 6.10 Å². The minimum atomic E-state index is -0.263. The lowest BCUT2D eigenvalue weighted by Crippen LogP contribution is -2.71. The number of nitrogens with one attached hydrogen (secondary N) is 4. The van der Waals surface area contributed by atoms with Gasteiger partial charge in [0.2, 0.25) is 5.95 Å². The SMILES string of the molecule is CC1(C)CC(N2C(C)(C)CC(Nc3nc(NO)nc(C4CNCCO4)n3)CC2(C)C)CC(C)(C)N1. The third kappa shape index (κ3) is 6.05. The fraction of sp³-hybridized carbons (Fsp3) is 0.880. The molecule has 35 heavy (non-hydrogen) atoms. The van der Waals surface area contributed by atoms with E-state index in [1.165, 1.54) is 0 Å². The summed E-state index contributed by atoms with van der Waals surface area (Å²) in [7, 11) is 0. The van der Waals surface area contributed by atoms with Crippen molar-refractivity contribution in [3.8, 4) is 0 Å². The van der Waals surface area contributed by atoms with Gasteiger partial charge in [-0.1, -0.05) is 0 Å². The van der Waals surface area contributed by atoms with Gasteiger partial charge in [-0.2, -0.15) is 15.0 Å². The molecule has 10 nitrogen and oxygen atoms in total. The van der Waals surface area contributed by atoms with Crippen LogP contribution in [0.25, 0.3) is 0 Å². The molecular weight excluding hydrogens is 444 g/mol. The molecule has 4 rings (SSSR count). The van der Waals surface area contributed by atoms with Crippen molar-refractivity contribution in [2.45, 2.75) is 121 Å². The number of nitrogens with zero attached hydrogens (tertiary/aromatic N) is 4. The first-order valence-corrected chi connectivity index (χ1v) is 13.0. The number of rotatable bonds is 5. The van der Waals surface area contributed by atoms with Crippen LogP contribution in [0.2, 0.25) is 0 Å². The Hall–Kier alpha value is -1.59. The Morgan fingerprint density at radius 1 is 0.886 bits per heavy atom. The first kappa shape index (κ1) is 26.5. The number of anilines is 2. The van der Waals surface area contributed by atoms with Crippen molar-refractivity contribution in [2.75, 3.05) is 30.5 Å². The van der Waals surface area contributed by atoms with Crippen molar-refractivity contribution in [3.63, 3.8) is 0 Å². The Kier molecular flexibility index (Phi) is 7.09. The van der Waals surface area contributed by atoms with E-state index in [1.807, 2.05) is 0 Å². The highest BCUT2D eigenvalue weighted by molar-refractivity contribution is 5.35. The Morgan fingerprint density at radius 3 is 2.03 bits per heavy atom. The van der Waals surface area contributed by atoms with Crippen LogP contribution in [0.3, 0.4) is 0 Å². The van der Waals surface area contributed by atoms with E-state index in [0.29, 0.717) is 31.0 Å². The number of piperidine rings is 2. The molecule has 0 radical (unpaired) electrons. The molecule has 0 aliphatic carbocycles. The average Bonchev–Trinajstić information content (AvgIpc) is 2.70. The maximum absolute atomic E-state index is 9.52. The van der Waals surface area contributed by atoms with Crippen molar-refractivity contribution in [1.82, 2.24) is 30.5 Å². The number of hydrogen-bond donors (Lipinski definition) is 5. The molecule has 4 heterocycles. The normalized spacial score (nSPS) is 29.0. The molecule has 0 bridgehead atoms. The van der Waals surface area contributed by atoms with E-state index in [2.05, 4.69) is 96.7 Å². The largest absolute Gasteiger partial charge is 0.368 e. The lowest BCUT2D eigenvalue weighted by Gasteiger charge is -2.62. The number of morpholine rings is 1. The standard InChI is InChI=1S/C25H46N8O2/c1-22(2)13-17(14-23(3,4)32-22)33-24(5,6)11-16(12-25(33,7)8)27-20-28-19(29-21(30-20)31-34)18-15-26-9-10-35-18/h16-18,26,32,34H,9-15H2,1-8H3,(H2,27,28,29,30,31). The lowest BCUT2D eigenvalue weighted by molar-refractivity contribution is -0.0920. The van der Waals surface area contributed by atoms with E-state index < -0.39 is 0 Å². The average molecular weight is 491 g/mol. The highest BCUT2D eigenvalue weighted by atomic mass is 16.5. The molecule has 1 unspecified atom stereocenters.